The molecule has 2 amide bonds. The largest absolute Gasteiger partial charge is 0.398 e. The first-order valence-electron chi connectivity index (χ1n) is 7.71. The monoisotopic (exact) mass is 339 g/mol. The number of nitrogens with two attached hydrogens (primary N) is 1. The molecular formula is C16H22ClN3O3. The van der Waals surface area contributed by atoms with E-state index in [1.165, 1.54) is 0 Å². The number of piperazine rings is 1. The van der Waals surface area contributed by atoms with Crippen LogP contribution in [0.1, 0.15) is 23.2 Å². The van der Waals surface area contributed by atoms with E-state index in [1.807, 2.05) is 6.07 Å². The first-order valence-corrected chi connectivity index (χ1v) is 7.71. The maximum Gasteiger partial charge on any atom is 0.256 e. The SMILES string of the molecule is Cl.Nc1ccccc1C(=O)N1CCN(C(=O)C2CCCO2)CC1. The molecule has 1 atom stereocenters. The number of hydrogen-bond acceptors (Lipinski definition) is 4. The summed E-state index contributed by atoms with van der Waals surface area (Å²) in [7, 11) is 0. The zero-order chi connectivity index (χ0) is 15.5. The van der Waals surface area contributed by atoms with Crippen LogP contribution in [0.3, 0.4) is 0 Å². The van der Waals surface area contributed by atoms with Crippen LogP contribution in [0.5, 0.6) is 0 Å². The fourth-order valence-corrected chi connectivity index (χ4v) is 2.97. The topological polar surface area (TPSA) is 75.9 Å². The third-order valence-corrected chi connectivity index (χ3v) is 4.27. The molecule has 7 heteroatoms. The highest BCUT2D eigenvalue weighted by Crippen LogP contribution is 2.18. The Labute approximate surface area is 142 Å². The molecule has 0 saturated carbocycles. The van der Waals surface area contributed by atoms with Gasteiger partial charge in [0.2, 0.25) is 0 Å². The first kappa shape index (κ1) is 17.6. The Kier molecular flexibility index (Phi) is 5.85. The number of anilines is 1. The van der Waals surface area contributed by atoms with Gasteiger partial charge in [-0.15, -0.1) is 12.4 Å². The van der Waals surface area contributed by atoms with Crippen molar-refractivity contribution in [3.05, 3.63) is 29.8 Å². The first-order chi connectivity index (χ1) is 10.7. The van der Waals surface area contributed by atoms with E-state index in [0.717, 1.165) is 12.8 Å². The summed E-state index contributed by atoms with van der Waals surface area (Å²) < 4.78 is 5.44. The van der Waals surface area contributed by atoms with Gasteiger partial charge in [0.05, 0.1) is 5.56 Å². The molecule has 0 spiro atoms. The zero-order valence-electron chi connectivity index (χ0n) is 12.9. The van der Waals surface area contributed by atoms with Crippen LogP contribution in [0, 0.1) is 0 Å². The van der Waals surface area contributed by atoms with Gasteiger partial charge in [0.15, 0.2) is 0 Å². The van der Waals surface area contributed by atoms with E-state index in [-0.39, 0.29) is 30.3 Å². The van der Waals surface area contributed by atoms with E-state index >= 15 is 0 Å². The van der Waals surface area contributed by atoms with Crippen molar-refractivity contribution in [3.63, 3.8) is 0 Å². The van der Waals surface area contributed by atoms with Crippen LogP contribution in [0.4, 0.5) is 5.69 Å². The van der Waals surface area contributed by atoms with Crippen molar-refractivity contribution in [1.82, 2.24) is 9.80 Å². The molecule has 1 aromatic carbocycles. The number of amides is 2. The third kappa shape index (κ3) is 3.76. The molecule has 2 saturated heterocycles. The molecule has 2 N–H and O–H groups in total. The van der Waals surface area contributed by atoms with E-state index in [1.54, 1.807) is 28.0 Å². The van der Waals surface area contributed by atoms with Crippen LogP contribution in [0.25, 0.3) is 0 Å². The van der Waals surface area contributed by atoms with Gasteiger partial charge in [0.25, 0.3) is 11.8 Å². The summed E-state index contributed by atoms with van der Waals surface area (Å²) in [5.41, 5.74) is 6.88. The minimum atomic E-state index is -0.285. The molecule has 3 rings (SSSR count). The van der Waals surface area contributed by atoms with Gasteiger partial charge in [-0.05, 0) is 25.0 Å². The van der Waals surface area contributed by atoms with Crippen molar-refractivity contribution in [2.75, 3.05) is 38.5 Å². The predicted octanol–water partition coefficient (Wildman–Crippen LogP) is 1.15. The summed E-state index contributed by atoms with van der Waals surface area (Å²) in [5, 5.41) is 0. The van der Waals surface area contributed by atoms with Gasteiger partial charge in [-0.3, -0.25) is 9.59 Å². The minimum Gasteiger partial charge on any atom is -0.398 e. The highest BCUT2D eigenvalue weighted by Gasteiger charge is 2.31. The van der Waals surface area contributed by atoms with Crippen LogP contribution >= 0.6 is 12.4 Å². The molecule has 2 aliphatic heterocycles. The van der Waals surface area contributed by atoms with Gasteiger partial charge in [-0.1, -0.05) is 12.1 Å². The fourth-order valence-electron chi connectivity index (χ4n) is 2.97. The smallest absolute Gasteiger partial charge is 0.256 e. The van der Waals surface area contributed by atoms with Crippen molar-refractivity contribution in [1.29, 1.82) is 0 Å². The number of para-hydroxylation sites is 1. The Morgan fingerprint density at radius 3 is 2.35 bits per heavy atom. The van der Waals surface area contributed by atoms with Gasteiger partial charge in [-0.2, -0.15) is 0 Å². The Morgan fingerprint density at radius 2 is 1.74 bits per heavy atom. The number of carbonyl (C=O) groups excluding carboxylic acids is 2. The zero-order valence-corrected chi connectivity index (χ0v) is 13.8. The number of nitrogens with zero attached hydrogens (tertiary/aromatic N) is 2. The van der Waals surface area contributed by atoms with Gasteiger partial charge < -0.3 is 20.3 Å². The lowest BCUT2D eigenvalue weighted by molar-refractivity contribution is -0.142. The van der Waals surface area contributed by atoms with Gasteiger partial charge in [0, 0.05) is 38.5 Å². The van der Waals surface area contributed by atoms with Crippen LogP contribution in [0.2, 0.25) is 0 Å². The van der Waals surface area contributed by atoms with Crippen molar-refractivity contribution in [2.45, 2.75) is 18.9 Å². The normalized spacial score (nSPS) is 21.0. The summed E-state index contributed by atoms with van der Waals surface area (Å²) in [6.07, 6.45) is 1.47. The highest BCUT2D eigenvalue weighted by atomic mass is 35.5. The Balaban J connectivity index is 0.00000192. The van der Waals surface area contributed by atoms with Crippen molar-refractivity contribution >= 4 is 29.9 Å². The number of halogens is 1. The van der Waals surface area contributed by atoms with E-state index in [9.17, 15) is 9.59 Å². The van der Waals surface area contributed by atoms with Crippen molar-refractivity contribution < 1.29 is 14.3 Å². The van der Waals surface area contributed by atoms with Crippen LogP contribution < -0.4 is 5.73 Å². The fraction of sp³-hybridized carbons (Fsp3) is 0.500. The van der Waals surface area contributed by atoms with Crippen LogP contribution in [-0.2, 0) is 9.53 Å². The predicted molar refractivity (Wildman–Crippen MR) is 89.6 cm³/mol. The summed E-state index contributed by atoms with van der Waals surface area (Å²) in [4.78, 5) is 28.3. The average molecular weight is 340 g/mol. The molecule has 2 aliphatic rings. The van der Waals surface area contributed by atoms with Crippen molar-refractivity contribution in [2.24, 2.45) is 0 Å². The lowest BCUT2D eigenvalue weighted by Crippen LogP contribution is -2.52. The van der Waals surface area contributed by atoms with Gasteiger partial charge >= 0.3 is 0 Å². The quantitative estimate of drug-likeness (QED) is 0.820. The summed E-state index contributed by atoms with van der Waals surface area (Å²) in [6, 6.07) is 7.08. The van der Waals surface area contributed by atoms with Gasteiger partial charge in [0.1, 0.15) is 6.10 Å². The molecule has 0 bridgehead atoms. The van der Waals surface area contributed by atoms with Crippen LogP contribution in [0.15, 0.2) is 24.3 Å². The molecule has 126 valence electrons. The second-order valence-corrected chi connectivity index (χ2v) is 5.71. The third-order valence-electron chi connectivity index (χ3n) is 4.27. The summed E-state index contributed by atoms with van der Waals surface area (Å²) >= 11 is 0. The second-order valence-electron chi connectivity index (χ2n) is 5.71. The molecule has 2 fully saturated rings. The molecule has 2 heterocycles. The van der Waals surface area contributed by atoms with Crippen molar-refractivity contribution in [3.8, 4) is 0 Å². The van der Waals surface area contributed by atoms with Gasteiger partial charge in [-0.25, -0.2) is 0 Å². The number of nitrogen functional groups attached to an aromatic ring is 1. The lowest BCUT2D eigenvalue weighted by atomic mass is 10.1. The second kappa shape index (κ2) is 7.66. The number of rotatable bonds is 2. The molecule has 23 heavy (non-hydrogen) atoms. The minimum absolute atomic E-state index is 0. The molecule has 1 unspecified atom stereocenters. The Morgan fingerprint density at radius 1 is 1.09 bits per heavy atom. The number of carbonyl (C=O) groups is 2. The number of benzene rings is 1. The highest BCUT2D eigenvalue weighted by molar-refractivity contribution is 5.99. The lowest BCUT2D eigenvalue weighted by Gasteiger charge is -2.35. The summed E-state index contributed by atoms with van der Waals surface area (Å²) in [5.74, 6) is -0.00820. The molecule has 0 aromatic heterocycles. The maximum atomic E-state index is 12.5. The van der Waals surface area contributed by atoms with E-state index in [4.69, 9.17) is 10.5 Å². The van der Waals surface area contributed by atoms with E-state index in [0.29, 0.717) is 44.0 Å². The summed E-state index contributed by atoms with van der Waals surface area (Å²) in [6.45, 7) is 2.84. The molecule has 1 aromatic rings. The molecular weight excluding hydrogens is 318 g/mol. The Bertz CT molecular complexity index is 567. The molecule has 0 radical (unpaired) electrons. The average Bonchev–Trinajstić information content (AvgIpc) is 3.09. The standard InChI is InChI=1S/C16H21N3O3.ClH/c17-13-5-2-1-4-12(13)15(20)18-7-9-19(10-8-18)16(21)14-6-3-11-22-14;/h1-2,4-5,14H,3,6-11,17H2;1H. The maximum absolute atomic E-state index is 12.5. The molecule has 0 aliphatic carbocycles. The van der Waals surface area contributed by atoms with E-state index in [2.05, 4.69) is 0 Å². The Hall–Kier alpha value is -1.79. The van der Waals surface area contributed by atoms with E-state index < -0.39 is 0 Å². The number of hydrogen-bond donors (Lipinski definition) is 1. The van der Waals surface area contributed by atoms with Crippen LogP contribution in [-0.4, -0.2) is 60.5 Å². The number of ether oxygens (including phenoxy) is 1. The molecule has 6 nitrogen and oxygen atoms in total.